The zero-order valence-corrected chi connectivity index (χ0v) is 17.3. The standard InChI is InChI=1S/C25H28N2O3/c1-18(19-9-4-2-5-10-19)23(28)26-22-12-8-11-21-20(22)13-16-27(24(21)29)17-25(30)14-6-3-7-15-25/h2,4-5,8-13,16,18,30H,3,6-7,14-15,17H2,1H3,(H,26,28). The van der Waals surface area contributed by atoms with E-state index >= 15 is 0 Å². The highest BCUT2D eigenvalue weighted by atomic mass is 16.3. The second-order valence-corrected chi connectivity index (χ2v) is 8.42. The minimum Gasteiger partial charge on any atom is -0.388 e. The molecular weight excluding hydrogens is 376 g/mol. The minimum absolute atomic E-state index is 0.116. The number of amides is 1. The number of carbonyl (C=O) groups excluding carboxylic acids is 1. The van der Waals surface area contributed by atoms with E-state index in [0.29, 0.717) is 23.0 Å². The van der Waals surface area contributed by atoms with Gasteiger partial charge in [-0.05, 0) is 43.5 Å². The lowest BCUT2D eigenvalue weighted by Gasteiger charge is -2.32. The van der Waals surface area contributed by atoms with E-state index in [4.69, 9.17) is 0 Å². The van der Waals surface area contributed by atoms with Crippen LogP contribution in [-0.4, -0.2) is 21.2 Å². The van der Waals surface area contributed by atoms with E-state index in [9.17, 15) is 14.7 Å². The molecule has 2 N–H and O–H groups in total. The van der Waals surface area contributed by atoms with Crippen LogP contribution in [0.1, 0.15) is 50.5 Å². The molecule has 0 radical (unpaired) electrons. The number of pyridine rings is 1. The Morgan fingerprint density at radius 2 is 1.77 bits per heavy atom. The average Bonchev–Trinajstić information content (AvgIpc) is 2.76. The monoisotopic (exact) mass is 404 g/mol. The lowest BCUT2D eigenvalue weighted by molar-refractivity contribution is -0.117. The van der Waals surface area contributed by atoms with Gasteiger partial charge < -0.3 is 15.0 Å². The Kier molecular flexibility index (Phi) is 5.73. The van der Waals surface area contributed by atoms with E-state index < -0.39 is 5.60 Å². The number of nitrogens with one attached hydrogen (secondary N) is 1. The van der Waals surface area contributed by atoms with Gasteiger partial charge in [0.15, 0.2) is 0 Å². The number of nitrogens with zero attached hydrogens (tertiary/aromatic N) is 1. The summed E-state index contributed by atoms with van der Waals surface area (Å²) in [7, 11) is 0. The van der Waals surface area contributed by atoms with Gasteiger partial charge in [0.25, 0.3) is 5.56 Å². The van der Waals surface area contributed by atoms with Gasteiger partial charge in [0.2, 0.25) is 5.91 Å². The van der Waals surface area contributed by atoms with E-state index in [1.165, 1.54) is 0 Å². The van der Waals surface area contributed by atoms with Crippen LogP contribution in [0.2, 0.25) is 0 Å². The fourth-order valence-electron chi connectivity index (χ4n) is 4.37. The van der Waals surface area contributed by atoms with Gasteiger partial charge in [0.1, 0.15) is 0 Å². The predicted octanol–water partition coefficient (Wildman–Crippen LogP) is 4.44. The molecule has 1 aliphatic carbocycles. The number of benzene rings is 2. The first-order chi connectivity index (χ1) is 14.5. The average molecular weight is 405 g/mol. The van der Waals surface area contributed by atoms with Crippen molar-refractivity contribution in [1.82, 2.24) is 4.57 Å². The second-order valence-electron chi connectivity index (χ2n) is 8.42. The Morgan fingerprint density at radius 1 is 1.03 bits per heavy atom. The van der Waals surface area contributed by atoms with Crippen LogP contribution in [0, 0.1) is 0 Å². The zero-order valence-electron chi connectivity index (χ0n) is 17.3. The molecule has 3 aromatic rings. The van der Waals surface area contributed by atoms with Crippen LogP contribution in [0.15, 0.2) is 65.6 Å². The quantitative estimate of drug-likeness (QED) is 0.660. The highest BCUT2D eigenvalue weighted by molar-refractivity contribution is 6.03. The molecule has 1 amide bonds. The first-order valence-corrected chi connectivity index (χ1v) is 10.7. The van der Waals surface area contributed by atoms with Crippen molar-refractivity contribution in [3.05, 3.63) is 76.7 Å². The second kappa shape index (κ2) is 8.44. The minimum atomic E-state index is -0.813. The summed E-state index contributed by atoms with van der Waals surface area (Å²) in [6.45, 7) is 2.18. The number of anilines is 1. The molecule has 1 heterocycles. The van der Waals surface area contributed by atoms with Crippen molar-refractivity contribution in [2.45, 2.75) is 57.1 Å². The summed E-state index contributed by atoms with van der Waals surface area (Å²) < 4.78 is 1.60. The number of fused-ring (bicyclic) bond motifs is 1. The molecule has 1 aliphatic rings. The van der Waals surface area contributed by atoms with Gasteiger partial charge in [0, 0.05) is 22.7 Å². The third kappa shape index (κ3) is 4.17. The molecule has 0 bridgehead atoms. The third-order valence-electron chi connectivity index (χ3n) is 6.22. The van der Waals surface area contributed by atoms with Crippen molar-refractivity contribution in [3.8, 4) is 0 Å². The smallest absolute Gasteiger partial charge is 0.258 e. The van der Waals surface area contributed by atoms with Gasteiger partial charge in [-0.2, -0.15) is 0 Å². The summed E-state index contributed by atoms with van der Waals surface area (Å²) in [5.41, 5.74) is 0.616. The Labute approximate surface area is 176 Å². The number of hydrogen-bond donors (Lipinski definition) is 2. The number of rotatable bonds is 5. The van der Waals surface area contributed by atoms with Crippen molar-refractivity contribution in [2.75, 3.05) is 5.32 Å². The summed E-state index contributed by atoms with van der Waals surface area (Å²) in [6, 6.07) is 16.8. The van der Waals surface area contributed by atoms with Crippen LogP contribution in [-0.2, 0) is 11.3 Å². The summed E-state index contributed by atoms with van der Waals surface area (Å²) in [6.07, 6.45) is 6.31. The molecule has 1 aromatic heterocycles. The number of carbonyl (C=O) groups is 1. The lowest BCUT2D eigenvalue weighted by Crippen LogP contribution is -2.39. The number of hydrogen-bond acceptors (Lipinski definition) is 3. The van der Waals surface area contributed by atoms with Crippen LogP contribution in [0.4, 0.5) is 5.69 Å². The topological polar surface area (TPSA) is 71.3 Å². The van der Waals surface area contributed by atoms with E-state index in [0.717, 1.165) is 37.7 Å². The Morgan fingerprint density at radius 3 is 2.50 bits per heavy atom. The van der Waals surface area contributed by atoms with Crippen LogP contribution in [0.25, 0.3) is 10.8 Å². The van der Waals surface area contributed by atoms with Gasteiger partial charge in [-0.25, -0.2) is 0 Å². The predicted molar refractivity (Wildman–Crippen MR) is 120 cm³/mol. The summed E-state index contributed by atoms with van der Waals surface area (Å²) in [5.74, 6) is -0.420. The molecule has 1 atom stereocenters. The van der Waals surface area contributed by atoms with Crippen molar-refractivity contribution >= 4 is 22.4 Å². The van der Waals surface area contributed by atoms with Crippen molar-refractivity contribution < 1.29 is 9.90 Å². The van der Waals surface area contributed by atoms with E-state index in [1.807, 2.05) is 49.4 Å². The first kappa shape index (κ1) is 20.4. The van der Waals surface area contributed by atoms with E-state index in [2.05, 4.69) is 5.32 Å². The summed E-state index contributed by atoms with van der Waals surface area (Å²) in [4.78, 5) is 25.9. The normalized spacial score (nSPS) is 16.9. The van der Waals surface area contributed by atoms with E-state index in [-0.39, 0.29) is 17.4 Å². The van der Waals surface area contributed by atoms with Crippen molar-refractivity contribution in [1.29, 1.82) is 0 Å². The molecule has 2 aromatic carbocycles. The number of aromatic nitrogens is 1. The molecule has 1 saturated carbocycles. The van der Waals surface area contributed by atoms with Gasteiger partial charge in [-0.15, -0.1) is 0 Å². The lowest BCUT2D eigenvalue weighted by atomic mass is 9.85. The third-order valence-corrected chi connectivity index (χ3v) is 6.22. The largest absolute Gasteiger partial charge is 0.388 e. The van der Waals surface area contributed by atoms with Crippen molar-refractivity contribution in [2.24, 2.45) is 0 Å². The van der Waals surface area contributed by atoms with Crippen LogP contribution < -0.4 is 10.9 Å². The van der Waals surface area contributed by atoms with Crippen LogP contribution >= 0.6 is 0 Å². The molecule has 1 fully saturated rings. The molecule has 0 aliphatic heterocycles. The van der Waals surface area contributed by atoms with Crippen LogP contribution in [0.5, 0.6) is 0 Å². The van der Waals surface area contributed by atoms with Gasteiger partial charge in [-0.3, -0.25) is 9.59 Å². The zero-order chi connectivity index (χ0) is 21.1. The molecule has 156 valence electrons. The summed E-state index contributed by atoms with van der Waals surface area (Å²) in [5, 5.41) is 15.1. The first-order valence-electron chi connectivity index (χ1n) is 10.7. The Hall–Kier alpha value is -2.92. The Balaban J connectivity index is 1.60. The molecule has 5 heteroatoms. The molecule has 4 rings (SSSR count). The molecule has 1 unspecified atom stereocenters. The highest BCUT2D eigenvalue weighted by Gasteiger charge is 2.30. The van der Waals surface area contributed by atoms with Crippen molar-refractivity contribution in [3.63, 3.8) is 0 Å². The van der Waals surface area contributed by atoms with Gasteiger partial charge >= 0.3 is 0 Å². The fourth-order valence-corrected chi connectivity index (χ4v) is 4.37. The highest BCUT2D eigenvalue weighted by Crippen LogP contribution is 2.30. The van der Waals surface area contributed by atoms with E-state index in [1.54, 1.807) is 22.9 Å². The van der Waals surface area contributed by atoms with Gasteiger partial charge in [-0.1, -0.05) is 55.7 Å². The molecular formula is C25H28N2O3. The summed E-state index contributed by atoms with van der Waals surface area (Å²) >= 11 is 0. The molecule has 5 nitrogen and oxygen atoms in total. The Bertz CT molecular complexity index is 1100. The fraction of sp³-hybridized carbons (Fsp3) is 0.360. The maximum absolute atomic E-state index is 13.1. The SMILES string of the molecule is CC(C(=O)Nc1cccc2c(=O)n(CC3(O)CCCCC3)ccc12)c1ccccc1. The molecule has 30 heavy (non-hydrogen) atoms. The van der Waals surface area contributed by atoms with Crippen LogP contribution in [0.3, 0.4) is 0 Å². The molecule has 0 saturated heterocycles. The maximum atomic E-state index is 13.1. The molecule has 0 spiro atoms. The van der Waals surface area contributed by atoms with Gasteiger partial charge in [0.05, 0.1) is 18.1 Å². The number of aliphatic hydroxyl groups is 1. The maximum Gasteiger partial charge on any atom is 0.258 e.